The molecule has 0 bridgehead atoms. The lowest BCUT2D eigenvalue weighted by molar-refractivity contribution is 0.159. The summed E-state index contributed by atoms with van der Waals surface area (Å²) in [7, 11) is 0. The molecular weight excluding hydrogens is 184 g/mol. The first-order valence-corrected chi connectivity index (χ1v) is 6.79. The van der Waals surface area contributed by atoms with Gasteiger partial charge in [-0.2, -0.15) is 0 Å². The van der Waals surface area contributed by atoms with Crippen LogP contribution in [0.15, 0.2) is 0 Å². The van der Waals surface area contributed by atoms with Gasteiger partial charge in [-0.15, -0.1) is 0 Å². The number of nitrogens with one attached hydrogen (secondary N) is 1. The van der Waals surface area contributed by atoms with Crippen molar-refractivity contribution in [3.8, 4) is 0 Å². The molecule has 0 aromatic heterocycles. The third kappa shape index (κ3) is 5.53. The lowest BCUT2D eigenvalue weighted by Gasteiger charge is -2.33. The summed E-state index contributed by atoms with van der Waals surface area (Å²) < 4.78 is 0. The van der Waals surface area contributed by atoms with Crippen molar-refractivity contribution in [1.29, 1.82) is 0 Å². The van der Waals surface area contributed by atoms with Gasteiger partial charge in [-0.1, -0.05) is 19.8 Å². The van der Waals surface area contributed by atoms with Gasteiger partial charge in [0.25, 0.3) is 0 Å². The molecule has 1 aliphatic rings. The molecule has 90 valence electrons. The highest BCUT2D eigenvalue weighted by atomic mass is 15.2. The van der Waals surface area contributed by atoms with Gasteiger partial charge in [0.15, 0.2) is 0 Å². The fraction of sp³-hybridized carbons (Fsp3) is 1.00. The summed E-state index contributed by atoms with van der Waals surface area (Å²) in [5, 5.41) is 3.51. The molecule has 2 nitrogen and oxygen atoms in total. The maximum Gasteiger partial charge on any atom is 0.00669 e. The summed E-state index contributed by atoms with van der Waals surface area (Å²) >= 11 is 0. The molecule has 1 N–H and O–H groups in total. The van der Waals surface area contributed by atoms with Crippen molar-refractivity contribution in [2.75, 3.05) is 26.2 Å². The molecule has 1 aliphatic heterocycles. The quantitative estimate of drug-likeness (QED) is 0.653. The van der Waals surface area contributed by atoms with E-state index in [2.05, 4.69) is 24.1 Å². The average molecular weight is 212 g/mol. The lowest BCUT2D eigenvalue weighted by Crippen LogP contribution is -2.38. The molecule has 1 saturated heterocycles. The van der Waals surface area contributed by atoms with Crippen molar-refractivity contribution in [3.63, 3.8) is 0 Å². The van der Waals surface area contributed by atoms with Crippen LogP contribution in [-0.4, -0.2) is 37.1 Å². The smallest absolute Gasteiger partial charge is 0.00669 e. The summed E-state index contributed by atoms with van der Waals surface area (Å²) in [5.74, 6) is 0. The number of piperidine rings is 1. The van der Waals surface area contributed by atoms with Crippen LogP contribution in [0, 0.1) is 0 Å². The van der Waals surface area contributed by atoms with E-state index in [9.17, 15) is 0 Å². The Morgan fingerprint density at radius 3 is 2.73 bits per heavy atom. The minimum Gasteiger partial charge on any atom is -0.317 e. The second-order valence-corrected chi connectivity index (χ2v) is 4.84. The van der Waals surface area contributed by atoms with Crippen molar-refractivity contribution in [3.05, 3.63) is 0 Å². The third-order valence-electron chi connectivity index (χ3n) is 3.45. The molecule has 1 rings (SSSR count). The standard InChI is InChI=1S/C13H28N2/c1-3-4-9-14-10-7-12-15-11-6-5-8-13(15)2/h13-14H,3-12H2,1-2H3. The molecule has 1 heterocycles. The molecule has 0 aromatic carbocycles. The van der Waals surface area contributed by atoms with Gasteiger partial charge in [-0.3, -0.25) is 0 Å². The van der Waals surface area contributed by atoms with Crippen LogP contribution in [0.3, 0.4) is 0 Å². The van der Waals surface area contributed by atoms with E-state index in [-0.39, 0.29) is 0 Å². The Morgan fingerprint density at radius 1 is 1.20 bits per heavy atom. The molecule has 0 spiro atoms. The van der Waals surface area contributed by atoms with E-state index in [1.807, 2.05) is 0 Å². The topological polar surface area (TPSA) is 15.3 Å². The lowest BCUT2D eigenvalue weighted by atomic mass is 10.0. The molecule has 15 heavy (non-hydrogen) atoms. The molecule has 0 aromatic rings. The Kier molecular flexibility index (Phi) is 7.03. The zero-order valence-electron chi connectivity index (χ0n) is 10.6. The summed E-state index contributed by atoms with van der Waals surface area (Å²) in [6.07, 6.45) is 8.19. The number of hydrogen-bond donors (Lipinski definition) is 1. The highest BCUT2D eigenvalue weighted by Gasteiger charge is 2.16. The predicted molar refractivity (Wildman–Crippen MR) is 67.3 cm³/mol. The normalized spacial score (nSPS) is 23.2. The van der Waals surface area contributed by atoms with E-state index < -0.39 is 0 Å². The number of nitrogens with zero attached hydrogens (tertiary/aromatic N) is 1. The number of unbranched alkanes of at least 4 members (excludes halogenated alkanes) is 1. The Balaban J connectivity index is 1.94. The molecule has 1 fully saturated rings. The Labute approximate surface area is 95.4 Å². The second kappa shape index (κ2) is 8.12. The van der Waals surface area contributed by atoms with Gasteiger partial charge in [-0.25, -0.2) is 0 Å². The third-order valence-corrected chi connectivity index (χ3v) is 3.45. The van der Waals surface area contributed by atoms with Gasteiger partial charge in [0, 0.05) is 6.04 Å². The maximum atomic E-state index is 3.51. The van der Waals surface area contributed by atoms with Crippen LogP contribution in [0.5, 0.6) is 0 Å². The van der Waals surface area contributed by atoms with Gasteiger partial charge in [0.1, 0.15) is 0 Å². The Hall–Kier alpha value is -0.0800. The Morgan fingerprint density at radius 2 is 2.00 bits per heavy atom. The predicted octanol–water partition coefficient (Wildman–Crippen LogP) is 2.64. The summed E-state index contributed by atoms with van der Waals surface area (Å²) in [5.41, 5.74) is 0. The van der Waals surface area contributed by atoms with Crippen LogP contribution in [0.2, 0.25) is 0 Å². The van der Waals surface area contributed by atoms with Crippen LogP contribution < -0.4 is 5.32 Å². The van der Waals surface area contributed by atoms with Crippen LogP contribution in [0.4, 0.5) is 0 Å². The second-order valence-electron chi connectivity index (χ2n) is 4.84. The van der Waals surface area contributed by atoms with Gasteiger partial charge in [0.2, 0.25) is 0 Å². The van der Waals surface area contributed by atoms with Crippen molar-refractivity contribution in [2.45, 2.75) is 58.4 Å². The maximum absolute atomic E-state index is 3.51. The van der Waals surface area contributed by atoms with E-state index >= 15 is 0 Å². The monoisotopic (exact) mass is 212 g/mol. The fourth-order valence-electron chi connectivity index (χ4n) is 2.32. The molecule has 0 amide bonds. The van der Waals surface area contributed by atoms with Gasteiger partial charge in [-0.05, 0) is 58.8 Å². The number of likely N-dealkylation sites (tertiary alicyclic amines) is 1. The zero-order valence-corrected chi connectivity index (χ0v) is 10.6. The largest absolute Gasteiger partial charge is 0.317 e. The van der Waals surface area contributed by atoms with E-state index in [0.29, 0.717) is 0 Å². The highest BCUT2D eigenvalue weighted by molar-refractivity contribution is 4.72. The molecule has 0 radical (unpaired) electrons. The summed E-state index contributed by atoms with van der Waals surface area (Å²) in [6, 6.07) is 0.828. The fourth-order valence-corrected chi connectivity index (χ4v) is 2.32. The number of rotatable bonds is 7. The van der Waals surface area contributed by atoms with Crippen molar-refractivity contribution < 1.29 is 0 Å². The first-order chi connectivity index (χ1) is 7.34. The van der Waals surface area contributed by atoms with Gasteiger partial charge in [0.05, 0.1) is 0 Å². The zero-order chi connectivity index (χ0) is 10.9. The summed E-state index contributed by atoms with van der Waals surface area (Å²) in [6.45, 7) is 9.65. The van der Waals surface area contributed by atoms with Crippen LogP contribution in [0.1, 0.15) is 52.4 Å². The van der Waals surface area contributed by atoms with Gasteiger partial charge >= 0.3 is 0 Å². The molecule has 0 saturated carbocycles. The van der Waals surface area contributed by atoms with Crippen molar-refractivity contribution >= 4 is 0 Å². The van der Waals surface area contributed by atoms with E-state index in [1.54, 1.807) is 0 Å². The van der Waals surface area contributed by atoms with E-state index in [4.69, 9.17) is 0 Å². The van der Waals surface area contributed by atoms with Crippen molar-refractivity contribution in [2.24, 2.45) is 0 Å². The first-order valence-electron chi connectivity index (χ1n) is 6.79. The summed E-state index contributed by atoms with van der Waals surface area (Å²) in [4.78, 5) is 2.66. The number of hydrogen-bond acceptors (Lipinski definition) is 2. The molecule has 2 heteroatoms. The SMILES string of the molecule is CCCCNCCCN1CCCCC1C. The molecule has 1 atom stereocenters. The van der Waals surface area contributed by atoms with Crippen LogP contribution >= 0.6 is 0 Å². The van der Waals surface area contributed by atoms with E-state index in [0.717, 1.165) is 6.04 Å². The minimum absolute atomic E-state index is 0.828. The van der Waals surface area contributed by atoms with Gasteiger partial charge < -0.3 is 10.2 Å². The first kappa shape index (κ1) is 13.0. The Bertz CT molecular complexity index is 147. The van der Waals surface area contributed by atoms with Crippen LogP contribution in [-0.2, 0) is 0 Å². The average Bonchev–Trinajstić information content (AvgIpc) is 2.25. The van der Waals surface area contributed by atoms with Crippen LogP contribution in [0.25, 0.3) is 0 Å². The highest BCUT2D eigenvalue weighted by Crippen LogP contribution is 2.15. The molecular formula is C13H28N2. The minimum atomic E-state index is 0.828. The van der Waals surface area contributed by atoms with E-state index in [1.165, 1.54) is 64.7 Å². The van der Waals surface area contributed by atoms with Crippen molar-refractivity contribution in [1.82, 2.24) is 10.2 Å². The molecule has 0 aliphatic carbocycles. The molecule has 1 unspecified atom stereocenters.